The molecular formula is C15H19N3O3. The number of ether oxygens (including phenoxy) is 2. The van der Waals surface area contributed by atoms with Gasteiger partial charge in [0.25, 0.3) is 0 Å². The van der Waals surface area contributed by atoms with Gasteiger partial charge in [0.05, 0.1) is 27.0 Å². The molecule has 21 heavy (non-hydrogen) atoms. The van der Waals surface area contributed by atoms with Crippen LogP contribution in [0, 0.1) is 0 Å². The maximum atomic E-state index is 11.7. The van der Waals surface area contributed by atoms with Crippen LogP contribution in [0.15, 0.2) is 30.7 Å². The van der Waals surface area contributed by atoms with Gasteiger partial charge >= 0.3 is 0 Å². The minimum absolute atomic E-state index is 0.0280. The highest BCUT2D eigenvalue weighted by molar-refractivity contribution is 5.77. The number of imidazole rings is 1. The molecular weight excluding hydrogens is 270 g/mol. The first kappa shape index (κ1) is 14.9. The number of carbonyl (C=O) groups is 1. The van der Waals surface area contributed by atoms with Gasteiger partial charge in [0.2, 0.25) is 5.91 Å². The Morgan fingerprint density at radius 1 is 1.29 bits per heavy atom. The standard InChI is InChI=1S/C15H19N3O3/c1-20-13-4-3-11(7-14(13)21-2)5-6-17-15(19)8-12-9-16-10-18-12/h3-4,7,9-10H,5-6,8H2,1-2H3,(H,16,18)(H,17,19). The fourth-order valence-corrected chi connectivity index (χ4v) is 2.00. The van der Waals surface area contributed by atoms with Crippen molar-refractivity contribution < 1.29 is 14.3 Å². The van der Waals surface area contributed by atoms with Gasteiger partial charge in [-0.3, -0.25) is 4.79 Å². The van der Waals surface area contributed by atoms with Gasteiger partial charge < -0.3 is 19.8 Å². The molecule has 0 spiro atoms. The third-order valence-corrected chi connectivity index (χ3v) is 3.09. The molecule has 2 rings (SSSR count). The molecule has 2 aromatic rings. The Morgan fingerprint density at radius 3 is 2.76 bits per heavy atom. The maximum Gasteiger partial charge on any atom is 0.226 e. The van der Waals surface area contributed by atoms with Crippen LogP contribution in [0.1, 0.15) is 11.3 Å². The van der Waals surface area contributed by atoms with Crippen LogP contribution in [0.5, 0.6) is 11.5 Å². The molecule has 1 amide bonds. The van der Waals surface area contributed by atoms with E-state index in [0.717, 1.165) is 17.7 Å². The molecule has 112 valence electrons. The summed E-state index contributed by atoms with van der Waals surface area (Å²) in [6, 6.07) is 5.74. The molecule has 1 heterocycles. The van der Waals surface area contributed by atoms with Crippen molar-refractivity contribution in [1.82, 2.24) is 15.3 Å². The minimum Gasteiger partial charge on any atom is -0.493 e. The Kier molecular flexibility index (Phi) is 5.20. The van der Waals surface area contributed by atoms with Gasteiger partial charge in [0.15, 0.2) is 11.5 Å². The summed E-state index contributed by atoms with van der Waals surface area (Å²) in [4.78, 5) is 18.5. The lowest BCUT2D eigenvalue weighted by molar-refractivity contribution is -0.120. The van der Waals surface area contributed by atoms with Gasteiger partial charge in [-0.05, 0) is 24.1 Å². The van der Waals surface area contributed by atoms with Gasteiger partial charge in [0.1, 0.15) is 0 Å². The van der Waals surface area contributed by atoms with Crippen LogP contribution in [-0.4, -0.2) is 36.6 Å². The second-order valence-electron chi connectivity index (χ2n) is 4.54. The van der Waals surface area contributed by atoms with Crippen molar-refractivity contribution in [1.29, 1.82) is 0 Å². The van der Waals surface area contributed by atoms with Gasteiger partial charge in [-0.2, -0.15) is 0 Å². The number of carbonyl (C=O) groups excluding carboxylic acids is 1. The fourth-order valence-electron chi connectivity index (χ4n) is 2.00. The first-order valence-electron chi connectivity index (χ1n) is 6.67. The van der Waals surface area contributed by atoms with E-state index >= 15 is 0 Å². The summed E-state index contributed by atoms with van der Waals surface area (Å²) in [5, 5.41) is 2.88. The van der Waals surface area contributed by atoms with Crippen LogP contribution in [0.2, 0.25) is 0 Å². The lowest BCUT2D eigenvalue weighted by Crippen LogP contribution is -2.27. The lowest BCUT2D eigenvalue weighted by atomic mass is 10.1. The second-order valence-corrected chi connectivity index (χ2v) is 4.54. The average molecular weight is 289 g/mol. The Bertz CT molecular complexity index is 582. The normalized spacial score (nSPS) is 10.2. The smallest absolute Gasteiger partial charge is 0.226 e. The minimum atomic E-state index is -0.0280. The Balaban J connectivity index is 1.81. The van der Waals surface area contributed by atoms with Gasteiger partial charge in [-0.1, -0.05) is 6.07 Å². The van der Waals surface area contributed by atoms with Crippen LogP contribution in [-0.2, 0) is 17.6 Å². The van der Waals surface area contributed by atoms with Crippen LogP contribution >= 0.6 is 0 Å². The molecule has 1 aromatic carbocycles. The van der Waals surface area contributed by atoms with Gasteiger partial charge in [-0.25, -0.2) is 4.98 Å². The first-order valence-corrected chi connectivity index (χ1v) is 6.67. The van der Waals surface area contributed by atoms with E-state index in [1.807, 2.05) is 18.2 Å². The number of aromatic amines is 1. The third kappa shape index (κ3) is 4.24. The summed E-state index contributed by atoms with van der Waals surface area (Å²) in [5.41, 5.74) is 1.88. The highest BCUT2D eigenvalue weighted by Gasteiger charge is 2.06. The van der Waals surface area contributed by atoms with Crippen molar-refractivity contribution in [3.05, 3.63) is 42.0 Å². The molecule has 6 nitrogen and oxygen atoms in total. The molecule has 0 bridgehead atoms. The molecule has 0 aliphatic carbocycles. The summed E-state index contributed by atoms with van der Waals surface area (Å²) >= 11 is 0. The highest BCUT2D eigenvalue weighted by atomic mass is 16.5. The summed E-state index contributed by atoms with van der Waals surface area (Å²) in [6.07, 6.45) is 4.25. The largest absolute Gasteiger partial charge is 0.493 e. The predicted molar refractivity (Wildman–Crippen MR) is 78.6 cm³/mol. The van der Waals surface area contributed by atoms with Gasteiger partial charge in [0, 0.05) is 18.4 Å². The Morgan fingerprint density at radius 2 is 2.10 bits per heavy atom. The highest BCUT2D eigenvalue weighted by Crippen LogP contribution is 2.27. The van der Waals surface area contributed by atoms with E-state index in [9.17, 15) is 4.79 Å². The maximum absolute atomic E-state index is 11.7. The number of H-pyrrole nitrogens is 1. The molecule has 0 radical (unpaired) electrons. The van der Waals surface area contributed by atoms with E-state index in [1.54, 1.807) is 26.7 Å². The van der Waals surface area contributed by atoms with E-state index < -0.39 is 0 Å². The van der Waals surface area contributed by atoms with E-state index in [2.05, 4.69) is 15.3 Å². The van der Waals surface area contributed by atoms with Crippen LogP contribution in [0.4, 0.5) is 0 Å². The molecule has 0 aliphatic rings. The third-order valence-electron chi connectivity index (χ3n) is 3.09. The lowest BCUT2D eigenvalue weighted by Gasteiger charge is -2.10. The monoisotopic (exact) mass is 289 g/mol. The van der Waals surface area contributed by atoms with Crippen LogP contribution < -0.4 is 14.8 Å². The molecule has 0 atom stereocenters. The van der Waals surface area contributed by atoms with Crippen molar-refractivity contribution in [3.63, 3.8) is 0 Å². The molecule has 6 heteroatoms. The zero-order valence-corrected chi connectivity index (χ0v) is 12.2. The number of amides is 1. The number of benzene rings is 1. The number of hydrogen-bond acceptors (Lipinski definition) is 4. The quantitative estimate of drug-likeness (QED) is 0.806. The molecule has 2 N–H and O–H groups in total. The number of hydrogen-bond donors (Lipinski definition) is 2. The molecule has 0 saturated carbocycles. The van der Waals surface area contributed by atoms with Crippen molar-refractivity contribution >= 4 is 5.91 Å². The number of nitrogens with one attached hydrogen (secondary N) is 2. The van der Waals surface area contributed by atoms with Crippen molar-refractivity contribution in [2.75, 3.05) is 20.8 Å². The van der Waals surface area contributed by atoms with E-state index in [4.69, 9.17) is 9.47 Å². The summed E-state index contributed by atoms with van der Waals surface area (Å²) in [5.74, 6) is 1.36. The number of rotatable bonds is 7. The number of aromatic nitrogens is 2. The van der Waals surface area contributed by atoms with E-state index in [-0.39, 0.29) is 5.91 Å². The molecule has 0 fully saturated rings. The Labute approximate surface area is 123 Å². The summed E-state index contributed by atoms with van der Waals surface area (Å²) < 4.78 is 10.4. The van der Waals surface area contributed by atoms with Crippen molar-refractivity contribution in [2.45, 2.75) is 12.8 Å². The fraction of sp³-hybridized carbons (Fsp3) is 0.333. The molecule has 0 unspecified atom stereocenters. The summed E-state index contributed by atoms with van der Waals surface area (Å²) in [7, 11) is 3.21. The number of methoxy groups -OCH3 is 2. The van der Waals surface area contributed by atoms with Crippen molar-refractivity contribution in [3.8, 4) is 11.5 Å². The van der Waals surface area contributed by atoms with E-state index in [1.165, 1.54) is 0 Å². The zero-order chi connectivity index (χ0) is 15.1. The average Bonchev–Trinajstić information content (AvgIpc) is 2.99. The first-order chi connectivity index (χ1) is 10.2. The molecule has 0 aliphatic heterocycles. The molecule has 1 aromatic heterocycles. The number of nitrogens with zero attached hydrogens (tertiary/aromatic N) is 1. The predicted octanol–water partition coefficient (Wildman–Crippen LogP) is 1.33. The topological polar surface area (TPSA) is 76.2 Å². The second kappa shape index (κ2) is 7.33. The zero-order valence-electron chi connectivity index (χ0n) is 12.2. The molecule has 0 saturated heterocycles. The van der Waals surface area contributed by atoms with E-state index in [0.29, 0.717) is 24.5 Å². The summed E-state index contributed by atoms with van der Waals surface area (Å²) in [6.45, 7) is 0.572. The van der Waals surface area contributed by atoms with Crippen molar-refractivity contribution in [2.24, 2.45) is 0 Å². The van der Waals surface area contributed by atoms with Gasteiger partial charge in [-0.15, -0.1) is 0 Å². The SMILES string of the molecule is COc1ccc(CCNC(=O)Cc2cnc[nH]2)cc1OC. The Hall–Kier alpha value is -2.50. The van der Waals surface area contributed by atoms with Crippen LogP contribution in [0.3, 0.4) is 0 Å². The van der Waals surface area contributed by atoms with Crippen LogP contribution in [0.25, 0.3) is 0 Å².